The van der Waals surface area contributed by atoms with Crippen molar-refractivity contribution in [2.24, 2.45) is 0 Å². The Morgan fingerprint density at radius 3 is 2.00 bits per heavy atom. The molecule has 0 radical (unpaired) electrons. The molecule has 2 aromatic rings. The number of aromatic nitrogens is 4. The summed E-state index contributed by atoms with van der Waals surface area (Å²) >= 11 is 0. The van der Waals surface area contributed by atoms with Crippen LogP contribution in [0, 0.1) is 0 Å². The number of fused-ring (bicyclic) bond motifs is 1. The van der Waals surface area contributed by atoms with E-state index < -0.39 is 48.8 Å². The molecule has 3 heterocycles. The Labute approximate surface area is 247 Å². The minimum absolute atomic E-state index is 0.0732. The van der Waals surface area contributed by atoms with Crippen LogP contribution in [-0.2, 0) is 27.2 Å². The number of hydrogen-bond donors (Lipinski definition) is 1. The number of ether oxygens (including phenoxy) is 1. The van der Waals surface area contributed by atoms with E-state index in [4.69, 9.17) is 28.4 Å². The lowest BCUT2D eigenvalue weighted by Gasteiger charge is -2.44. The summed E-state index contributed by atoms with van der Waals surface area (Å²) in [6.07, 6.45) is 2.51. The van der Waals surface area contributed by atoms with Gasteiger partial charge in [0.1, 0.15) is 30.2 Å². The van der Waals surface area contributed by atoms with Crippen LogP contribution in [-0.4, -0.2) is 67.7 Å². The first kappa shape index (κ1) is 34.0. The number of hydrogen-bond acceptors (Lipinski definition) is 10. The largest absolute Gasteiger partial charge is 0.408 e. The third kappa shape index (κ3) is 7.38. The summed E-state index contributed by atoms with van der Waals surface area (Å²) in [6.45, 7) is 26.1. The highest BCUT2D eigenvalue weighted by atomic mass is 31.2. The zero-order chi connectivity index (χ0) is 31.0. The standard InChI is InChI=1S/C27H50N5O6PSi2/c1-13-34-39(33,35-14-2)16-15-19-21(37-40(9,10)26(3,4)5)22(38-41(11,12)27(6,7)8)25(36-19)32-18-31-20-23(28)29-17-30-24(20)32/h15-19,21-22,25H,13-14H2,1-12H3,(H2,28,29,30)/b16-15+/t19-,21-,22-,25-/m1/s1. The van der Waals surface area contributed by atoms with Gasteiger partial charge < -0.3 is 28.4 Å². The summed E-state index contributed by atoms with van der Waals surface area (Å²) in [6, 6.07) is 0. The van der Waals surface area contributed by atoms with Gasteiger partial charge in [0.15, 0.2) is 34.3 Å². The average Bonchev–Trinajstić information content (AvgIpc) is 3.39. The van der Waals surface area contributed by atoms with E-state index in [0.29, 0.717) is 11.2 Å². The minimum Gasteiger partial charge on any atom is -0.408 e. The van der Waals surface area contributed by atoms with E-state index in [0.717, 1.165) is 0 Å². The van der Waals surface area contributed by atoms with Crippen LogP contribution in [0.5, 0.6) is 0 Å². The fourth-order valence-electron chi connectivity index (χ4n) is 4.07. The molecule has 1 aliphatic heterocycles. The van der Waals surface area contributed by atoms with Crippen molar-refractivity contribution >= 4 is 41.2 Å². The Hall–Kier alpha value is -1.45. The molecule has 0 aromatic carbocycles. The highest BCUT2D eigenvalue weighted by Gasteiger charge is 2.54. The number of anilines is 1. The third-order valence-corrected chi connectivity index (χ3v) is 19.2. The summed E-state index contributed by atoms with van der Waals surface area (Å²) < 4.78 is 47.3. The molecule has 2 N–H and O–H groups in total. The number of nitrogen functional groups attached to an aromatic ring is 1. The molecular formula is C27H50N5O6PSi2. The van der Waals surface area contributed by atoms with Crippen molar-refractivity contribution in [3.8, 4) is 0 Å². The van der Waals surface area contributed by atoms with Gasteiger partial charge >= 0.3 is 7.60 Å². The van der Waals surface area contributed by atoms with Crippen molar-refractivity contribution in [2.45, 2.75) is 116 Å². The SMILES string of the molecule is CCOP(=O)(/C=C/[C@H]1O[C@@H](n2cnc3c(N)ncnc32)[C@H](O[Si](C)(C)C(C)(C)C)[C@@H]1O[Si](C)(C)C(C)(C)C)OCC. The first-order chi connectivity index (χ1) is 18.8. The number of nitrogens with zero attached hydrogens (tertiary/aromatic N) is 4. The van der Waals surface area contributed by atoms with Crippen molar-refractivity contribution in [3.63, 3.8) is 0 Å². The van der Waals surface area contributed by atoms with Gasteiger partial charge in [-0.3, -0.25) is 9.13 Å². The summed E-state index contributed by atoms with van der Waals surface area (Å²) in [5.74, 6) is 1.78. The van der Waals surface area contributed by atoms with Gasteiger partial charge in [-0.15, -0.1) is 0 Å². The lowest BCUT2D eigenvalue weighted by atomic mass is 10.1. The molecule has 1 aliphatic rings. The van der Waals surface area contributed by atoms with Gasteiger partial charge in [0, 0.05) is 5.82 Å². The van der Waals surface area contributed by atoms with Crippen molar-refractivity contribution in [1.29, 1.82) is 0 Å². The number of imidazole rings is 1. The van der Waals surface area contributed by atoms with E-state index >= 15 is 0 Å². The molecule has 1 saturated heterocycles. The summed E-state index contributed by atoms with van der Waals surface area (Å²) in [5.41, 5.74) is 7.14. The van der Waals surface area contributed by atoms with Gasteiger partial charge in [-0.2, -0.15) is 0 Å². The Bertz CT molecular complexity index is 1260. The molecular weight excluding hydrogens is 577 g/mol. The molecule has 3 rings (SSSR count). The molecule has 0 spiro atoms. The van der Waals surface area contributed by atoms with E-state index in [1.165, 1.54) is 12.1 Å². The molecule has 0 saturated carbocycles. The Morgan fingerprint density at radius 1 is 0.951 bits per heavy atom. The zero-order valence-corrected chi connectivity index (χ0v) is 29.7. The van der Waals surface area contributed by atoms with Crippen molar-refractivity contribution < 1.29 is 27.2 Å². The molecule has 2 aromatic heterocycles. The second-order valence-electron chi connectivity index (χ2n) is 13.5. The second kappa shape index (κ2) is 12.3. The second-order valence-corrected chi connectivity index (χ2v) is 24.9. The minimum atomic E-state index is -3.49. The van der Waals surface area contributed by atoms with Crippen LogP contribution in [0.3, 0.4) is 0 Å². The van der Waals surface area contributed by atoms with E-state index in [9.17, 15) is 4.57 Å². The quantitative estimate of drug-likeness (QED) is 0.208. The molecule has 232 valence electrons. The Morgan fingerprint density at radius 2 is 1.49 bits per heavy atom. The van der Waals surface area contributed by atoms with Crippen LogP contribution >= 0.6 is 7.60 Å². The topological polar surface area (TPSA) is 133 Å². The maximum Gasteiger partial charge on any atom is 0.353 e. The third-order valence-electron chi connectivity index (χ3n) is 8.44. The molecule has 41 heavy (non-hydrogen) atoms. The lowest BCUT2D eigenvalue weighted by Crippen LogP contribution is -2.53. The highest BCUT2D eigenvalue weighted by Crippen LogP contribution is 2.51. The normalized spacial score (nSPS) is 23.2. The molecule has 14 heteroatoms. The number of nitrogens with two attached hydrogens (primary N) is 1. The molecule has 1 fully saturated rings. The predicted octanol–water partition coefficient (Wildman–Crippen LogP) is 6.87. The van der Waals surface area contributed by atoms with E-state index in [-0.39, 0.29) is 29.1 Å². The predicted molar refractivity (Wildman–Crippen MR) is 168 cm³/mol. The molecule has 0 aliphatic carbocycles. The van der Waals surface area contributed by atoms with Gasteiger partial charge in [-0.25, -0.2) is 15.0 Å². The van der Waals surface area contributed by atoms with Crippen molar-refractivity contribution in [2.75, 3.05) is 18.9 Å². The van der Waals surface area contributed by atoms with Gasteiger partial charge in [-0.05, 0) is 56.2 Å². The summed E-state index contributed by atoms with van der Waals surface area (Å²) in [4.78, 5) is 13.1. The maximum atomic E-state index is 13.4. The highest BCUT2D eigenvalue weighted by molar-refractivity contribution is 7.57. The average molecular weight is 628 g/mol. The Balaban J connectivity index is 2.20. The van der Waals surface area contributed by atoms with Gasteiger partial charge in [0.2, 0.25) is 0 Å². The van der Waals surface area contributed by atoms with Gasteiger partial charge in [-0.1, -0.05) is 41.5 Å². The van der Waals surface area contributed by atoms with Crippen LogP contribution in [0.4, 0.5) is 5.82 Å². The van der Waals surface area contributed by atoms with Crippen LogP contribution < -0.4 is 5.73 Å². The Kier molecular flexibility index (Phi) is 10.2. The molecule has 0 amide bonds. The molecule has 11 nitrogen and oxygen atoms in total. The van der Waals surface area contributed by atoms with E-state index in [1.807, 2.05) is 4.57 Å². The monoisotopic (exact) mass is 627 g/mol. The van der Waals surface area contributed by atoms with Crippen LogP contribution in [0.15, 0.2) is 24.5 Å². The smallest absolute Gasteiger partial charge is 0.353 e. The molecule has 0 unspecified atom stereocenters. The van der Waals surface area contributed by atoms with Crippen LogP contribution in [0.25, 0.3) is 11.2 Å². The molecule has 4 atom stereocenters. The number of rotatable bonds is 11. The van der Waals surface area contributed by atoms with Crippen LogP contribution in [0.2, 0.25) is 36.3 Å². The van der Waals surface area contributed by atoms with Crippen molar-refractivity contribution in [3.05, 3.63) is 24.5 Å². The zero-order valence-electron chi connectivity index (χ0n) is 26.8. The summed E-state index contributed by atoms with van der Waals surface area (Å²) in [5, 5.41) is -0.146. The van der Waals surface area contributed by atoms with Gasteiger partial charge in [0.25, 0.3) is 0 Å². The fraction of sp³-hybridized carbons (Fsp3) is 0.741. The van der Waals surface area contributed by atoms with E-state index in [2.05, 4.69) is 82.7 Å². The lowest BCUT2D eigenvalue weighted by molar-refractivity contribution is -0.0192. The summed E-state index contributed by atoms with van der Waals surface area (Å²) in [7, 11) is -8.17. The maximum absolute atomic E-state index is 13.4. The fourth-order valence-corrected chi connectivity index (χ4v) is 8.00. The van der Waals surface area contributed by atoms with Crippen LogP contribution in [0.1, 0.15) is 61.6 Å². The van der Waals surface area contributed by atoms with E-state index in [1.54, 1.807) is 26.3 Å². The first-order valence-corrected chi connectivity index (χ1v) is 21.7. The van der Waals surface area contributed by atoms with Gasteiger partial charge in [0.05, 0.1) is 19.5 Å². The first-order valence-electron chi connectivity index (χ1n) is 14.3. The molecule has 0 bridgehead atoms. The van der Waals surface area contributed by atoms with Crippen molar-refractivity contribution in [1.82, 2.24) is 19.5 Å².